The first-order valence-electron chi connectivity index (χ1n) is 8.06. The van der Waals surface area contributed by atoms with Crippen LogP contribution < -0.4 is 10.5 Å². The van der Waals surface area contributed by atoms with E-state index >= 15 is 0 Å². The zero-order chi connectivity index (χ0) is 14.9. The highest BCUT2D eigenvalue weighted by Crippen LogP contribution is 2.26. The number of unbranched alkanes of at least 4 members (excludes halogenated alkanes) is 5. The first kappa shape index (κ1) is 15.8. The van der Waals surface area contributed by atoms with Crippen LogP contribution in [0.25, 0.3) is 10.8 Å². The van der Waals surface area contributed by atoms with E-state index in [2.05, 4.69) is 24.0 Å². The molecule has 1 heterocycles. The van der Waals surface area contributed by atoms with Gasteiger partial charge in [0.25, 0.3) is 0 Å². The molecular weight excluding hydrogens is 260 g/mol. The van der Waals surface area contributed by atoms with Gasteiger partial charge in [-0.2, -0.15) is 0 Å². The second-order valence-electron chi connectivity index (χ2n) is 5.45. The van der Waals surface area contributed by atoms with E-state index in [1.54, 1.807) is 0 Å². The summed E-state index contributed by atoms with van der Waals surface area (Å²) in [5.41, 5.74) is 6.83. The minimum Gasteiger partial charge on any atom is -0.477 e. The summed E-state index contributed by atoms with van der Waals surface area (Å²) in [7, 11) is 0. The van der Waals surface area contributed by atoms with E-state index in [9.17, 15) is 0 Å². The molecule has 0 aliphatic heterocycles. The highest BCUT2D eigenvalue weighted by molar-refractivity contribution is 5.89. The Kier molecular flexibility index (Phi) is 6.48. The third-order valence-electron chi connectivity index (χ3n) is 3.80. The van der Waals surface area contributed by atoms with Crippen molar-refractivity contribution < 1.29 is 4.74 Å². The Morgan fingerprint density at radius 2 is 1.71 bits per heavy atom. The van der Waals surface area contributed by atoms with E-state index in [0.717, 1.165) is 35.2 Å². The predicted molar refractivity (Wildman–Crippen MR) is 88.5 cm³/mol. The van der Waals surface area contributed by atoms with Crippen molar-refractivity contribution in [3.63, 3.8) is 0 Å². The molecule has 3 nitrogen and oxygen atoms in total. The number of hydrogen-bond donors (Lipinski definition) is 1. The van der Waals surface area contributed by atoms with E-state index in [0.29, 0.717) is 6.54 Å². The number of rotatable bonds is 9. The van der Waals surface area contributed by atoms with Crippen LogP contribution in [0.3, 0.4) is 0 Å². The Hall–Kier alpha value is -1.61. The SMILES string of the molecule is CCCCCCCCOc1ncc(CN)c2ccccc12. The molecule has 21 heavy (non-hydrogen) atoms. The van der Waals surface area contributed by atoms with E-state index in [-0.39, 0.29) is 0 Å². The lowest BCUT2D eigenvalue weighted by Crippen LogP contribution is -2.03. The molecule has 0 saturated carbocycles. The molecule has 0 bridgehead atoms. The topological polar surface area (TPSA) is 48.1 Å². The van der Waals surface area contributed by atoms with Crippen LogP contribution in [-0.2, 0) is 6.54 Å². The first-order chi connectivity index (χ1) is 10.4. The summed E-state index contributed by atoms with van der Waals surface area (Å²) in [5, 5.41) is 2.21. The van der Waals surface area contributed by atoms with Gasteiger partial charge in [-0.05, 0) is 23.4 Å². The number of benzene rings is 1. The molecule has 0 spiro atoms. The largest absolute Gasteiger partial charge is 0.477 e. The summed E-state index contributed by atoms with van der Waals surface area (Å²) in [6, 6.07) is 8.18. The average molecular weight is 286 g/mol. The zero-order valence-electron chi connectivity index (χ0n) is 13.0. The summed E-state index contributed by atoms with van der Waals surface area (Å²) in [6.45, 7) is 3.49. The number of fused-ring (bicyclic) bond motifs is 1. The van der Waals surface area contributed by atoms with Gasteiger partial charge < -0.3 is 10.5 Å². The monoisotopic (exact) mass is 286 g/mol. The quantitative estimate of drug-likeness (QED) is 0.694. The molecule has 2 rings (SSSR count). The molecule has 2 aromatic rings. The van der Waals surface area contributed by atoms with Crippen molar-refractivity contribution in [3.05, 3.63) is 36.0 Å². The van der Waals surface area contributed by atoms with Crippen LogP contribution in [0, 0.1) is 0 Å². The summed E-state index contributed by atoms with van der Waals surface area (Å²) >= 11 is 0. The fourth-order valence-electron chi connectivity index (χ4n) is 2.55. The summed E-state index contributed by atoms with van der Waals surface area (Å²) in [6.07, 6.45) is 9.43. The molecule has 0 unspecified atom stereocenters. The van der Waals surface area contributed by atoms with Gasteiger partial charge >= 0.3 is 0 Å². The normalized spacial score (nSPS) is 11.0. The van der Waals surface area contributed by atoms with Crippen LogP contribution in [0.15, 0.2) is 30.5 Å². The Labute approximate surface area is 127 Å². The van der Waals surface area contributed by atoms with Crippen molar-refractivity contribution >= 4 is 10.8 Å². The van der Waals surface area contributed by atoms with Gasteiger partial charge in [0.15, 0.2) is 0 Å². The summed E-state index contributed by atoms with van der Waals surface area (Å²) in [5.74, 6) is 0.733. The molecule has 0 aliphatic carbocycles. The number of pyridine rings is 1. The van der Waals surface area contributed by atoms with Gasteiger partial charge in [-0.1, -0.05) is 57.2 Å². The molecule has 114 valence electrons. The predicted octanol–water partition coefficient (Wildman–Crippen LogP) is 4.43. The molecule has 0 aliphatic rings. The minimum absolute atomic E-state index is 0.505. The molecule has 0 atom stereocenters. The smallest absolute Gasteiger partial charge is 0.221 e. The minimum atomic E-state index is 0.505. The Bertz CT molecular complexity index is 554. The Morgan fingerprint density at radius 1 is 1.00 bits per heavy atom. The number of nitrogens with zero attached hydrogens (tertiary/aromatic N) is 1. The van der Waals surface area contributed by atoms with Gasteiger partial charge in [-0.3, -0.25) is 0 Å². The molecule has 1 aromatic carbocycles. The van der Waals surface area contributed by atoms with E-state index in [1.807, 2.05) is 18.3 Å². The lowest BCUT2D eigenvalue weighted by molar-refractivity contribution is 0.297. The van der Waals surface area contributed by atoms with Gasteiger partial charge in [-0.15, -0.1) is 0 Å². The van der Waals surface area contributed by atoms with Crippen LogP contribution in [0.4, 0.5) is 0 Å². The standard InChI is InChI=1S/C18H26N2O/c1-2-3-4-5-6-9-12-21-18-17-11-8-7-10-16(17)15(13-19)14-20-18/h7-8,10-11,14H,2-6,9,12-13,19H2,1H3. The van der Waals surface area contributed by atoms with Crippen molar-refractivity contribution in [1.29, 1.82) is 0 Å². The fraction of sp³-hybridized carbons (Fsp3) is 0.500. The molecule has 0 saturated heterocycles. The number of aromatic nitrogens is 1. The highest BCUT2D eigenvalue weighted by Gasteiger charge is 2.07. The average Bonchev–Trinajstić information content (AvgIpc) is 2.54. The second-order valence-corrected chi connectivity index (χ2v) is 5.45. The highest BCUT2D eigenvalue weighted by atomic mass is 16.5. The maximum absolute atomic E-state index is 5.87. The van der Waals surface area contributed by atoms with Crippen LogP contribution in [0.1, 0.15) is 51.0 Å². The maximum Gasteiger partial charge on any atom is 0.221 e. The van der Waals surface area contributed by atoms with Crippen LogP contribution >= 0.6 is 0 Å². The van der Waals surface area contributed by atoms with E-state index in [1.165, 1.54) is 32.1 Å². The van der Waals surface area contributed by atoms with Gasteiger partial charge in [0.2, 0.25) is 5.88 Å². The van der Waals surface area contributed by atoms with Crippen LogP contribution in [-0.4, -0.2) is 11.6 Å². The summed E-state index contributed by atoms with van der Waals surface area (Å²) in [4.78, 5) is 4.42. The van der Waals surface area contributed by atoms with Gasteiger partial charge in [0, 0.05) is 18.1 Å². The number of nitrogens with two attached hydrogens (primary N) is 1. The summed E-state index contributed by atoms with van der Waals surface area (Å²) < 4.78 is 5.87. The van der Waals surface area contributed by atoms with Crippen LogP contribution in [0.5, 0.6) is 5.88 Å². The number of hydrogen-bond acceptors (Lipinski definition) is 3. The van der Waals surface area contributed by atoms with Gasteiger partial charge in [0.05, 0.1) is 6.61 Å². The molecule has 1 aromatic heterocycles. The van der Waals surface area contributed by atoms with E-state index < -0.39 is 0 Å². The molecule has 2 N–H and O–H groups in total. The lowest BCUT2D eigenvalue weighted by atomic mass is 10.1. The molecule has 0 amide bonds. The fourth-order valence-corrected chi connectivity index (χ4v) is 2.55. The van der Waals surface area contributed by atoms with E-state index in [4.69, 9.17) is 10.5 Å². The molecule has 0 radical (unpaired) electrons. The number of ether oxygens (including phenoxy) is 1. The van der Waals surface area contributed by atoms with Crippen molar-refractivity contribution in [2.45, 2.75) is 52.0 Å². The van der Waals surface area contributed by atoms with Crippen molar-refractivity contribution in [2.75, 3.05) is 6.61 Å². The lowest BCUT2D eigenvalue weighted by Gasteiger charge is -2.10. The zero-order valence-corrected chi connectivity index (χ0v) is 13.0. The Morgan fingerprint density at radius 3 is 2.48 bits per heavy atom. The third-order valence-corrected chi connectivity index (χ3v) is 3.80. The van der Waals surface area contributed by atoms with Crippen molar-refractivity contribution in [3.8, 4) is 5.88 Å². The van der Waals surface area contributed by atoms with Crippen molar-refractivity contribution in [2.24, 2.45) is 5.73 Å². The molecule has 0 fully saturated rings. The maximum atomic E-state index is 5.87. The third kappa shape index (κ3) is 4.43. The molecular formula is C18H26N2O. The molecule has 3 heteroatoms. The van der Waals surface area contributed by atoms with Crippen molar-refractivity contribution in [1.82, 2.24) is 4.98 Å². The van der Waals surface area contributed by atoms with Gasteiger partial charge in [-0.25, -0.2) is 4.98 Å². The second kappa shape index (κ2) is 8.63. The van der Waals surface area contributed by atoms with Crippen LogP contribution in [0.2, 0.25) is 0 Å². The van der Waals surface area contributed by atoms with Gasteiger partial charge in [0.1, 0.15) is 0 Å². The first-order valence-corrected chi connectivity index (χ1v) is 8.06. The Balaban J connectivity index is 1.90.